The topological polar surface area (TPSA) is 202 Å². The van der Waals surface area contributed by atoms with Gasteiger partial charge in [0, 0.05) is 39.0 Å². The fraction of sp³-hybridized carbons (Fsp3) is 0.720. The van der Waals surface area contributed by atoms with Crippen molar-refractivity contribution in [3.63, 3.8) is 0 Å². The van der Waals surface area contributed by atoms with E-state index in [-0.39, 0.29) is 12.2 Å². The molecule has 1 fully saturated rings. The van der Waals surface area contributed by atoms with Gasteiger partial charge in [-0.2, -0.15) is 0 Å². The summed E-state index contributed by atoms with van der Waals surface area (Å²) in [6.45, 7) is 9.37. The third kappa shape index (κ3) is 9.76. The molecule has 0 saturated carbocycles. The molecule has 0 aromatic carbocycles. The average Bonchev–Trinajstić information content (AvgIpc) is 2.83. The molecule has 2 aliphatic rings. The highest BCUT2D eigenvalue weighted by molar-refractivity contribution is 6.70. The highest BCUT2D eigenvalue weighted by Gasteiger charge is 2.56. The van der Waals surface area contributed by atoms with Gasteiger partial charge in [-0.3, -0.25) is 34.1 Å². The van der Waals surface area contributed by atoms with Crippen LogP contribution in [0, 0.1) is 16.0 Å². The second kappa shape index (κ2) is 14.5. The quantitative estimate of drug-likeness (QED) is 0.104. The predicted octanol–water partition coefficient (Wildman–Crippen LogP) is 1.03. The molecule has 0 unspecified atom stereocenters. The van der Waals surface area contributed by atoms with Crippen LogP contribution in [0.15, 0.2) is 11.8 Å². The summed E-state index contributed by atoms with van der Waals surface area (Å²) in [7, 11) is -1.18. The standard InChI is InChI=1S/C25H37NO15Si/c1-12(27)35-11-19-21(36-13(2)28)22(37-14(3)29)23(38-15(4)30)25(40-19)39-18-10-16(41-42(6,7)8)9-17(24(31)34-5)20(18)26(32)33/h10,17-23,25H,9,11H2,1-8H3/t17-,18-,19+,20+,21+,22-,23+,25+/m0/s1. The first-order valence-electron chi connectivity index (χ1n) is 13.0. The molecular formula is C25H37NO15Si. The van der Waals surface area contributed by atoms with Crippen LogP contribution >= 0.6 is 0 Å². The molecule has 0 aromatic rings. The normalized spacial score (nSPS) is 29.3. The van der Waals surface area contributed by atoms with Crippen LogP contribution in [0.4, 0.5) is 0 Å². The number of methoxy groups -OCH3 is 1. The van der Waals surface area contributed by atoms with Crippen LogP contribution in [0.2, 0.25) is 19.6 Å². The van der Waals surface area contributed by atoms with Crippen LogP contribution in [0.1, 0.15) is 34.1 Å². The van der Waals surface area contributed by atoms with Gasteiger partial charge in [0.15, 0.2) is 30.7 Å². The van der Waals surface area contributed by atoms with E-state index in [2.05, 4.69) is 0 Å². The first-order chi connectivity index (χ1) is 19.4. The number of carbonyl (C=O) groups is 5. The minimum absolute atomic E-state index is 0.138. The number of ether oxygens (including phenoxy) is 7. The molecule has 1 aliphatic carbocycles. The maximum Gasteiger partial charge on any atom is 0.316 e. The number of carbonyl (C=O) groups excluding carboxylic acids is 5. The monoisotopic (exact) mass is 619 g/mol. The molecule has 8 atom stereocenters. The number of allylic oxidation sites excluding steroid dienone is 1. The summed E-state index contributed by atoms with van der Waals surface area (Å²) in [5.74, 6) is -5.24. The lowest BCUT2D eigenvalue weighted by Gasteiger charge is -2.45. The van der Waals surface area contributed by atoms with Gasteiger partial charge in [-0.25, -0.2) is 0 Å². The zero-order chi connectivity index (χ0) is 31.9. The highest BCUT2D eigenvalue weighted by atomic mass is 28.4. The van der Waals surface area contributed by atoms with Crippen molar-refractivity contribution in [1.29, 1.82) is 0 Å². The van der Waals surface area contributed by atoms with Crippen molar-refractivity contribution < 1.29 is 66.5 Å². The van der Waals surface area contributed by atoms with Gasteiger partial charge in [-0.15, -0.1) is 0 Å². The molecule has 17 heteroatoms. The summed E-state index contributed by atoms with van der Waals surface area (Å²) in [4.78, 5) is 71.9. The minimum Gasteiger partial charge on any atom is -0.547 e. The summed E-state index contributed by atoms with van der Waals surface area (Å²) >= 11 is 0. The molecule has 16 nitrogen and oxygen atoms in total. The molecule has 2 rings (SSSR count). The number of nitro groups is 1. The molecule has 0 amide bonds. The van der Waals surface area contributed by atoms with Gasteiger partial charge in [0.1, 0.15) is 18.6 Å². The van der Waals surface area contributed by atoms with Crippen LogP contribution in [-0.2, 0) is 61.6 Å². The third-order valence-electron chi connectivity index (χ3n) is 5.94. The molecule has 1 aliphatic heterocycles. The van der Waals surface area contributed by atoms with Gasteiger partial charge < -0.3 is 37.6 Å². The molecule has 0 radical (unpaired) electrons. The van der Waals surface area contributed by atoms with Crippen molar-refractivity contribution in [1.82, 2.24) is 0 Å². The number of nitrogens with zero attached hydrogens (tertiary/aromatic N) is 1. The van der Waals surface area contributed by atoms with E-state index in [4.69, 9.17) is 37.6 Å². The summed E-state index contributed by atoms with van der Waals surface area (Å²) in [6.07, 6.45) is -7.98. The maximum atomic E-state index is 12.7. The van der Waals surface area contributed by atoms with E-state index in [1.807, 2.05) is 19.6 Å². The lowest BCUT2D eigenvalue weighted by Crippen LogP contribution is -2.64. The van der Waals surface area contributed by atoms with Crippen LogP contribution < -0.4 is 0 Å². The Labute approximate surface area is 243 Å². The lowest BCUT2D eigenvalue weighted by atomic mass is 9.86. The largest absolute Gasteiger partial charge is 0.547 e. The smallest absolute Gasteiger partial charge is 0.316 e. The van der Waals surface area contributed by atoms with Crippen LogP contribution in [0.3, 0.4) is 0 Å². The Balaban J connectivity index is 2.64. The zero-order valence-electron chi connectivity index (χ0n) is 24.7. The van der Waals surface area contributed by atoms with E-state index in [1.54, 1.807) is 0 Å². The summed E-state index contributed by atoms with van der Waals surface area (Å²) in [6, 6.07) is -1.70. The fourth-order valence-corrected chi connectivity index (χ4v) is 5.54. The fourth-order valence-electron chi connectivity index (χ4n) is 4.60. The predicted molar refractivity (Wildman–Crippen MR) is 140 cm³/mol. The zero-order valence-corrected chi connectivity index (χ0v) is 25.7. The number of hydrogen-bond acceptors (Lipinski definition) is 15. The molecule has 1 saturated heterocycles. The van der Waals surface area contributed by atoms with Crippen LogP contribution in [0.25, 0.3) is 0 Å². The summed E-state index contributed by atoms with van der Waals surface area (Å²) in [5.41, 5.74) is 0. The van der Waals surface area contributed by atoms with E-state index < -0.39 is 98.5 Å². The Kier molecular flexibility index (Phi) is 12.0. The van der Waals surface area contributed by atoms with Crippen molar-refractivity contribution in [2.45, 2.75) is 96.6 Å². The minimum atomic E-state index is -2.27. The van der Waals surface area contributed by atoms with Crippen molar-refractivity contribution in [3.8, 4) is 0 Å². The molecule has 236 valence electrons. The Bertz CT molecular complexity index is 1090. The van der Waals surface area contributed by atoms with Crippen LogP contribution in [-0.4, -0.2) is 99.7 Å². The van der Waals surface area contributed by atoms with Gasteiger partial charge in [0.25, 0.3) is 6.04 Å². The maximum absolute atomic E-state index is 12.7. The van der Waals surface area contributed by atoms with Gasteiger partial charge in [-0.05, 0) is 25.7 Å². The van der Waals surface area contributed by atoms with E-state index in [1.165, 1.54) is 6.08 Å². The summed E-state index contributed by atoms with van der Waals surface area (Å²) < 4.78 is 43.9. The average molecular weight is 620 g/mol. The SMILES string of the molecule is COC(=O)[C@H]1CC(O[Si](C)(C)C)=C[C@H](O[C@@H]2O[C@H](COC(C)=O)[C@@H](OC(C)=O)[C@H](OC(C)=O)[C@H]2OC(C)=O)[C@@H]1[N+](=O)[O-]. The molecule has 0 bridgehead atoms. The van der Waals surface area contributed by atoms with Gasteiger partial charge in [-0.1, -0.05) is 0 Å². The molecular weight excluding hydrogens is 582 g/mol. The lowest BCUT2D eigenvalue weighted by molar-refractivity contribution is -0.544. The van der Waals surface area contributed by atoms with E-state index in [0.717, 1.165) is 34.8 Å². The van der Waals surface area contributed by atoms with Crippen LogP contribution in [0.5, 0.6) is 0 Å². The third-order valence-corrected chi connectivity index (χ3v) is 6.82. The molecule has 0 N–H and O–H groups in total. The van der Waals surface area contributed by atoms with Gasteiger partial charge in [0.05, 0.1) is 12.9 Å². The highest BCUT2D eigenvalue weighted by Crippen LogP contribution is 2.36. The number of rotatable bonds is 11. The van der Waals surface area contributed by atoms with Gasteiger partial charge >= 0.3 is 29.8 Å². The molecule has 42 heavy (non-hydrogen) atoms. The van der Waals surface area contributed by atoms with E-state index in [0.29, 0.717) is 0 Å². The molecule has 0 aromatic heterocycles. The Morgan fingerprint density at radius 2 is 1.48 bits per heavy atom. The first-order valence-corrected chi connectivity index (χ1v) is 16.4. The molecule has 0 spiro atoms. The Morgan fingerprint density at radius 3 is 1.95 bits per heavy atom. The van der Waals surface area contributed by atoms with E-state index >= 15 is 0 Å². The van der Waals surface area contributed by atoms with Crippen molar-refractivity contribution >= 4 is 38.2 Å². The second-order valence-electron chi connectivity index (χ2n) is 10.6. The van der Waals surface area contributed by atoms with Crippen molar-refractivity contribution in [2.75, 3.05) is 13.7 Å². The Morgan fingerprint density at radius 1 is 0.929 bits per heavy atom. The first kappa shape index (κ1) is 34.6. The van der Waals surface area contributed by atoms with Gasteiger partial charge in [0.2, 0.25) is 8.32 Å². The number of hydrogen-bond donors (Lipinski definition) is 0. The second-order valence-corrected chi connectivity index (χ2v) is 15.1. The number of esters is 5. The summed E-state index contributed by atoms with van der Waals surface area (Å²) in [5, 5.41) is 12.3. The van der Waals surface area contributed by atoms with Crippen molar-refractivity contribution in [3.05, 3.63) is 21.9 Å². The molecule has 1 heterocycles. The van der Waals surface area contributed by atoms with Crippen molar-refractivity contribution in [2.24, 2.45) is 5.92 Å². The Hall–Kier alpha value is -3.57. The van der Waals surface area contributed by atoms with E-state index in [9.17, 15) is 34.1 Å².